The fourth-order valence-electron chi connectivity index (χ4n) is 1.92. The Morgan fingerprint density at radius 3 is 2.58 bits per heavy atom. The normalized spacial score (nSPS) is 17.1. The minimum absolute atomic E-state index is 0.000399. The minimum atomic E-state index is -0.000399. The summed E-state index contributed by atoms with van der Waals surface area (Å²) in [4.78, 5) is 13.6. The molecule has 0 saturated carbocycles. The highest BCUT2D eigenvalue weighted by Gasteiger charge is 2.17. The van der Waals surface area contributed by atoms with Gasteiger partial charge < -0.3 is 20.1 Å². The number of nitrogens with zero attached hydrogens (tertiary/aromatic N) is 1. The van der Waals surface area contributed by atoms with Crippen LogP contribution < -0.4 is 10.5 Å². The van der Waals surface area contributed by atoms with Crippen molar-refractivity contribution in [3.05, 3.63) is 29.8 Å². The minimum Gasteiger partial charge on any atom is -0.484 e. The standard InChI is InChI=1S/C14H20N2O3/c1-11(15)12-2-4-13(5-3-12)19-10-14(17)16-6-8-18-9-7-16/h2-5,11H,6-10,15H2,1H3. The summed E-state index contributed by atoms with van der Waals surface area (Å²) in [6, 6.07) is 7.51. The van der Waals surface area contributed by atoms with Gasteiger partial charge in [-0.25, -0.2) is 0 Å². The summed E-state index contributed by atoms with van der Waals surface area (Å²) in [5, 5.41) is 0. The van der Waals surface area contributed by atoms with Gasteiger partial charge in [0.15, 0.2) is 6.61 Å². The van der Waals surface area contributed by atoms with E-state index in [1.165, 1.54) is 0 Å². The Morgan fingerprint density at radius 2 is 2.00 bits per heavy atom. The SMILES string of the molecule is CC(N)c1ccc(OCC(=O)N2CCOCC2)cc1. The fraction of sp³-hybridized carbons (Fsp3) is 0.500. The number of morpholine rings is 1. The average Bonchev–Trinajstić information content (AvgIpc) is 2.46. The number of benzene rings is 1. The summed E-state index contributed by atoms with van der Waals surface area (Å²) in [6.45, 7) is 4.50. The third kappa shape index (κ3) is 3.94. The van der Waals surface area contributed by atoms with Crippen molar-refractivity contribution < 1.29 is 14.3 Å². The van der Waals surface area contributed by atoms with Gasteiger partial charge in [-0.2, -0.15) is 0 Å². The third-order valence-electron chi connectivity index (χ3n) is 3.13. The summed E-state index contributed by atoms with van der Waals surface area (Å²) < 4.78 is 10.7. The molecule has 2 N–H and O–H groups in total. The predicted molar refractivity (Wildman–Crippen MR) is 71.9 cm³/mol. The van der Waals surface area contributed by atoms with E-state index in [0.717, 1.165) is 5.56 Å². The number of carbonyl (C=O) groups excluding carboxylic acids is 1. The molecule has 5 heteroatoms. The first-order valence-electron chi connectivity index (χ1n) is 6.50. The number of ether oxygens (including phenoxy) is 2. The van der Waals surface area contributed by atoms with E-state index in [0.29, 0.717) is 32.1 Å². The lowest BCUT2D eigenvalue weighted by atomic mass is 10.1. The van der Waals surface area contributed by atoms with Crippen molar-refractivity contribution in [1.82, 2.24) is 4.90 Å². The van der Waals surface area contributed by atoms with Crippen LogP contribution in [0.15, 0.2) is 24.3 Å². The van der Waals surface area contributed by atoms with Gasteiger partial charge in [-0.1, -0.05) is 12.1 Å². The van der Waals surface area contributed by atoms with Gasteiger partial charge in [0.2, 0.25) is 0 Å². The van der Waals surface area contributed by atoms with E-state index in [9.17, 15) is 4.79 Å². The number of carbonyl (C=O) groups is 1. The molecule has 0 aromatic heterocycles. The summed E-state index contributed by atoms with van der Waals surface area (Å²) in [7, 11) is 0. The maximum absolute atomic E-state index is 11.9. The Labute approximate surface area is 113 Å². The maximum atomic E-state index is 11.9. The first-order chi connectivity index (χ1) is 9.16. The van der Waals surface area contributed by atoms with Crippen LogP contribution in [0.4, 0.5) is 0 Å². The van der Waals surface area contributed by atoms with Gasteiger partial charge in [0.1, 0.15) is 5.75 Å². The quantitative estimate of drug-likeness (QED) is 0.879. The van der Waals surface area contributed by atoms with Crippen molar-refractivity contribution in [2.45, 2.75) is 13.0 Å². The number of rotatable bonds is 4. The molecule has 0 aliphatic carbocycles. The van der Waals surface area contributed by atoms with Crippen LogP contribution in [0.1, 0.15) is 18.5 Å². The topological polar surface area (TPSA) is 64.8 Å². The monoisotopic (exact) mass is 264 g/mol. The van der Waals surface area contributed by atoms with Crippen LogP contribution in [-0.2, 0) is 9.53 Å². The van der Waals surface area contributed by atoms with Crippen molar-refractivity contribution in [2.24, 2.45) is 5.73 Å². The Kier molecular flexibility index (Phi) is 4.76. The van der Waals surface area contributed by atoms with Crippen LogP contribution >= 0.6 is 0 Å². The molecule has 1 saturated heterocycles. The van der Waals surface area contributed by atoms with E-state index in [2.05, 4.69) is 0 Å². The van der Waals surface area contributed by atoms with E-state index in [4.69, 9.17) is 15.2 Å². The zero-order valence-electron chi connectivity index (χ0n) is 11.2. The van der Waals surface area contributed by atoms with E-state index in [-0.39, 0.29) is 18.6 Å². The molecule has 5 nitrogen and oxygen atoms in total. The van der Waals surface area contributed by atoms with Crippen molar-refractivity contribution in [1.29, 1.82) is 0 Å². The maximum Gasteiger partial charge on any atom is 0.260 e. The number of hydrogen-bond acceptors (Lipinski definition) is 4. The first-order valence-corrected chi connectivity index (χ1v) is 6.50. The molecule has 1 heterocycles. The second kappa shape index (κ2) is 6.54. The van der Waals surface area contributed by atoms with Crippen LogP contribution in [0.2, 0.25) is 0 Å². The average molecular weight is 264 g/mol. The van der Waals surface area contributed by atoms with Gasteiger partial charge in [0.25, 0.3) is 5.91 Å². The fourth-order valence-corrected chi connectivity index (χ4v) is 1.92. The van der Waals surface area contributed by atoms with Crippen LogP contribution in [0, 0.1) is 0 Å². The van der Waals surface area contributed by atoms with Crippen LogP contribution in [0.25, 0.3) is 0 Å². The van der Waals surface area contributed by atoms with Crippen LogP contribution in [-0.4, -0.2) is 43.7 Å². The van der Waals surface area contributed by atoms with Gasteiger partial charge in [-0.05, 0) is 24.6 Å². The molecular formula is C14H20N2O3. The van der Waals surface area contributed by atoms with Crippen LogP contribution in [0.5, 0.6) is 5.75 Å². The molecule has 1 aliphatic heterocycles. The molecule has 1 fully saturated rings. The predicted octanol–water partition coefficient (Wildman–Crippen LogP) is 0.944. The molecule has 1 aliphatic rings. The van der Waals surface area contributed by atoms with Crippen LogP contribution in [0.3, 0.4) is 0 Å². The Hall–Kier alpha value is -1.59. The highest BCUT2D eigenvalue weighted by Crippen LogP contribution is 2.16. The third-order valence-corrected chi connectivity index (χ3v) is 3.13. The molecule has 1 amide bonds. The van der Waals surface area contributed by atoms with Gasteiger partial charge in [0.05, 0.1) is 13.2 Å². The van der Waals surface area contributed by atoms with Gasteiger partial charge in [0, 0.05) is 19.1 Å². The second-order valence-corrected chi connectivity index (χ2v) is 4.64. The molecule has 2 rings (SSSR count). The highest BCUT2D eigenvalue weighted by atomic mass is 16.5. The molecule has 0 radical (unpaired) electrons. The van der Waals surface area contributed by atoms with Crippen molar-refractivity contribution >= 4 is 5.91 Å². The molecule has 104 valence electrons. The largest absolute Gasteiger partial charge is 0.484 e. The van der Waals surface area contributed by atoms with E-state index in [1.54, 1.807) is 4.90 Å². The van der Waals surface area contributed by atoms with Gasteiger partial charge in [-0.15, -0.1) is 0 Å². The van der Waals surface area contributed by atoms with Crippen molar-refractivity contribution in [3.8, 4) is 5.75 Å². The lowest BCUT2D eigenvalue weighted by Gasteiger charge is -2.26. The molecule has 19 heavy (non-hydrogen) atoms. The molecule has 1 atom stereocenters. The summed E-state index contributed by atoms with van der Waals surface area (Å²) >= 11 is 0. The lowest BCUT2D eigenvalue weighted by molar-refractivity contribution is -0.137. The summed E-state index contributed by atoms with van der Waals surface area (Å²) in [5.41, 5.74) is 6.82. The smallest absolute Gasteiger partial charge is 0.260 e. The number of nitrogens with two attached hydrogens (primary N) is 1. The van der Waals surface area contributed by atoms with E-state index >= 15 is 0 Å². The van der Waals surface area contributed by atoms with Crippen molar-refractivity contribution in [2.75, 3.05) is 32.9 Å². The molecule has 1 aromatic rings. The molecule has 1 aromatic carbocycles. The summed E-state index contributed by atoms with van der Waals surface area (Å²) in [5.74, 6) is 0.686. The second-order valence-electron chi connectivity index (χ2n) is 4.64. The molecule has 1 unspecified atom stereocenters. The van der Waals surface area contributed by atoms with Gasteiger partial charge in [-0.3, -0.25) is 4.79 Å². The number of amides is 1. The number of hydrogen-bond donors (Lipinski definition) is 1. The van der Waals surface area contributed by atoms with Gasteiger partial charge >= 0.3 is 0 Å². The Morgan fingerprint density at radius 1 is 1.37 bits per heavy atom. The molecule has 0 spiro atoms. The first kappa shape index (κ1) is 13.8. The lowest BCUT2D eigenvalue weighted by Crippen LogP contribution is -2.42. The highest BCUT2D eigenvalue weighted by molar-refractivity contribution is 5.77. The summed E-state index contributed by atoms with van der Waals surface area (Å²) in [6.07, 6.45) is 0. The zero-order valence-corrected chi connectivity index (χ0v) is 11.2. The Bertz CT molecular complexity index is 411. The molecular weight excluding hydrogens is 244 g/mol. The Balaban J connectivity index is 1.82. The van der Waals surface area contributed by atoms with E-state index in [1.807, 2.05) is 31.2 Å². The zero-order chi connectivity index (χ0) is 13.7. The van der Waals surface area contributed by atoms with Crippen molar-refractivity contribution in [3.63, 3.8) is 0 Å². The van der Waals surface area contributed by atoms with E-state index < -0.39 is 0 Å². The molecule has 0 bridgehead atoms.